The van der Waals surface area contributed by atoms with Crippen LogP contribution in [-0.2, 0) is 0 Å². The number of benzene rings is 1. The Balaban J connectivity index is 2.36. The van der Waals surface area contributed by atoms with Gasteiger partial charge in [-0.2, -0.15) is 0 Å². The third-order valence-corrected chi connectivity index (χ3v) is 2.93. The zero-order chi connectivity index (χ0) is 14.5. The van der Waals surface area contributed by atoms with Gasteiger partial charge in [-0.25, -0.2) is 14.4 Å². The number of halogens is 1. The molecule has 0 fully saturated rings. The quantitative estimate of drug-likeness (QED) is 0.880. The van der Waals surface area contributed by atoms with Crippen molar-refractivity contribution in [2.75, 3.05) is 18.4 Å². The highest BCUT2D eigenvalue weighted by molar-refractivity contribution is 5.58. The fourth-order valence-corrected chi connectivity index (χ4v) is 1.92. The summed E-state index contributed by atoms with van der Waals surface area (Å²) >= 11 is 0. The van der Waals surface area contributed by atoms with Crippen LogP contribution in [0.15, 0.2) is 30.5 Å². The van der Waals surface area contributed by atoms with Gasteiger partial charge in [-0.3, -0.25) is 0 Å². The lowest BCUT2D eigenvalue weighted by atomic mass is 10.1. The van der Waals surface area contributed by atoms with E-state index in [-0.39, 0.29) is 11.7 Å². The molecule has 0 aliphatic carbocycles. The number of rotatable bonds is 5. The molecule has 0 saturated heterocycles. The average Bonchev–Trinajstić information content (AvgIpc) is 2.45. The maximum Gasteiger partial charge on any atom is 0.159 e. The minimum absolute atomic E-state index is 0.262. The first kappa shape index (κ1) is 14.4. The molecule has 2 rings (SSSR count). The molecule has 2 aromatic rings. The van der Waals surface area contributed by atoms with Crippen molar-refractivity contribution in [3.63, 3.8) is 0 Å². The van der Waals surface area contributed by atoms with Crippen molar-refractivity contribution in [1.82, 2.24) is 9.97 Å². The summed E-state index contributed by atoms with van der Waals surface area (Å²) in [4.78, 5) is 8.93. The van der Waals surface area contributed by atoms with Gasteiger partial charge in [-0.15, -0.1) is 0 Å². The minimum atomic E-state index is -0.265. The van der Waals surface area contributed by atoms with Gasteiger partial charge in [0.05, 0.1) is 17.6 Å². The highest BCUT2D eigenvalue weighted by Gasteiger charge is 2.11. The van der Waals surface area contributed by atoms with Gasteiger partial charge < -0.3 is 11.1 Å². The van der Waals surface area contributed by atoms with Gasteiger partial charge in [-0.1, -0.05) is 13.8 Å². The summed E-state index contributed by atoms with van der Waals surface area (Å²) in [7, 11) is 0. The fraction of sp³-hybridized carbons (Fsp3) is 0.333. The number of nitrogens with one attached hydrogen (secondary N) is 1. The predicted molar refractivity (Wildman–Crippen MR) is 79.1 cm³/mol. The van der Waals surface area contributed by atoms with Gasteiger partial charge in [-0.05, 0) is 30.2 Å². The first-order valence-electron chi connectivity index (χ1n) is 6.68. The van der Waals surface area contributed by atoms with Crippen LogP contribution in [0, 0.1) is 5.82 Å². The van der Waals surface area contributed by atoms with E-state index in [0.29, 0.717) is 18.9 Å². The molecule has 0 atom stereocenters. The summed E-state index contributed by atoms with van der Waals surface area (Å²) in [6.45, 7) is 5.38. The molecular weight excluding hydrogens is 255 g/mol. The van der Waals surface area contributed by atoms with Crippen LogP contribution in [0.1, 0.15) is 25.5 Å². The maximum absolute atomic E-state index is 13.0. The third-order valence-electron chi connectivity index (χ3n) is 2.93. The normalized spacial score (nSPS) is 10.8. The maximum atomic E-state index is 13.0. The number of nitrogens with two attached hydrogens (primary N) is 1. The largest absolute Gasteiger partial charge is 0.381 e. The molecule has 5 heteroatoms. The summed E-state index contributed by atoms with van der Waals surface area (Å²) in [5.74, 6) is 0.600. The molecule has 20 heavy (non-hydrogen) atoms. The molecule has 1 aromatic heterocycles. The Morgan fingerprint density at radius 3 is 2.55 bits per heavy atom. The monoisotopic (exact) mass is 274 g/mol. The molecule has 0 bridgehead atoms. The molecule has 0 unspecified atom stereocenters. The van der Waals surface area contributed by atoms with Crippen LogP contribution < -0.4 is 11.1 Å². The van der Waals surface area contributed by atoms with Crippen LogP contribution in [0.25, 0.3) is 11.4 Å². The molecule has 0 radical (unpaired) electrons. The van der Waals surface area contributed by atoms with Crippen LogP contribution in [0.5, 0.6) is 0 Å². The van der Waals surface area contributed by atoms with E-state index in [4.69, 9.17) is 5.73 Å². The molecule has 3 N–H and O–H groups in total. The summed E-state index contributed by atoms with van der Waals surface area (Å²) < 4.78 is 13.0. The van der Waals surface area contributed by atoms with Crippen molar-refractivity contribution in [2.24, 2.45) is 5.73 Å². The lowest BCUT2D eigenvalue weighted by molar-refractivity contribution is 0.628. The van der Waals surface area contributed by atoms with Crippen molar-refractivity contribution in [1.29, 1.82) is 0 Å². The van der Waals surface area contributed by atoms with E-state index in [0.717, 1.165) is 16.9 Å². The second-order valence-electron chi connectivity index (χ2n) is 4.87. The average molecular weight is 274 g/mol. The summed E-state index contributed by atoms with van der Waals surface area (Å²) in [5, 5.41) is 3.22. The molecule has 1 aromatic carbocycles. The van der Waals surface area contributed by atoms with E-state index in [1.54, 1.807) is 18.3 Å². The topological polar surface area (TPSA) is 63.8 Å². The molecular formula is C15H19FN4. The Kier molecular flexibility index (Phi) is 4.63. The second-order valence-corrected chi connectivity index (χ2v) is 4.87. The molecule has 0 saturated carbocycles. The Bertz CT molecular complexity index is 567. The van der Waals surface area contributed by atoms with E-state index in [9.17, 15) is 4.39 Å². The van der Waals surface area contributed by atoms with Crippen LogP contribution >= 0.6 is 0 Å². The highest BCUT2D eigenvalue weighted by Crippen LogP contribution is 2.24. The Labute approximate surface area is 118 Å². The highest BCUT2D eigenvalue weighted by atomic mass is 19.1. The fourth-order valence-electron chi connectivity index (χ4n) is 1.92. The van der Waals surface area contributed by atoms with Gasteiger partial charge in [0.25, 0.3) is 0 Å². The number of hydrogen-bond acceptors (Lipinski definition) is 4. The predicted octanol–water partition coefficient (Wildman–Crippen LogP) is 2.78. The first-order valence-corrected chi connectivity index (χ1v) is 6.68. The SMILES string of the molecule is CC(C)c1nc(-c2ccc(F)cc2)ncc1NCCN. The number of hydrogen-bond donors (Lipinski definition) is 2. The summed E-state index contributed by atoms with van der Waals surface area (Å²) in [6.07, 6.45) is 1.76. The summed E-state index contributed by atoms with van der Waals surface area (Å²) in [6, 6.07) is 6.19. The molecule has 1 heterocycles. The lowest BCUT2D eigenvalue weighted by Crippen LogP contribution is -2.15. The van der Waals surface area contributed by atoms with E-state index < -0.39 is 0 Å². The molecule has 0 aliphatic rings. The van der Waals surface area contributed by atoms with Gasteiger partial charge in [0, 0.05) is 18.7 Å². The summed E-state index contributed by atoms with van der Waals surface area (Å²) in [5.41, 5.74) is 8.14. The van der Waals surface area contributed by atoms with E-state index in [1.807, 2.05) is 0 Å². The smallest absolute Gasteiger partial charge is 0.159 e. The van der Waals surface area contributed by atoms with Crippen LogP contribution in [0.3, 0.4) is 0 Å². The minimum Gasteiger partial charge on any atom is -0.381 e. The number of anilines is 1. The molecule has 0 aliphatic heterocycles. The molecule has 0 amide bonds. The van der Waals surface area contributed by atoms with Crippen molar-refractivity contribution in [3.8, 4) is 11.4 Å². The zero-order valence-electron chi connectivity index (χ0n) is 11.7. The van der Waals surface area contributed by atoms with Crippen LogP contribution in [-0.4, -0.2) is 23.1 Å². The van der Waals surface area contributed by atoms with Gasteiger partial charge in [0.15, 0.2) is 5.82 Å². The Morgan fingerprint density at radius 1 is 1.25 bits per heavy atom. The first-order chi connectivity index (χ1) is 9.61. The molecule has 4 nitrogen and oxygen atoms in total. The van der Waals surface area contributed by atoms with Gasteiger partial charge in [0.2, 0.25) is 0 Å². The zero-order valence-corrected chi connectivity index (χ0v) is 11.7. The number of aromatic nitrogens is 2. The second kappa shape index (κ2) is 6.43. The van der Waals surface area contributed by atoms with Gasteiger partial charge in [0.1, 0.15) is 5.82 Å². The Hall–Kier alpha value is -2.01. The van der Waals surface area contributed by atoms with E-state index in [1.165, 1.54) is 12.1 Å². The van der Waals surface area contributed by atoms with Gasteiger partial charge >= 0.3 is 0 Å². The van der Waals surface area contributed by atoms with Crippen LogP contribution in [0.2, 0.25) is 0 Å². The van der Waals surface area contributed by atoms with E-state index >= 15 is 0 Å². The molecule has 0 spiro atoms. The number of nitrogens with zero attached hydrogens (tertiary/aromatic N) is 2. The van der Waals surface area contributed by atoms with E-state index in [2.05, 4.69) is 29.1 Å². The third kappa shape index (κ3) is 3.30. The Morgan fingerprint density at radius 2 is 1.95 bits per heavy atom. The van der Waals surface area contributed by atoms with Crippen molar-refractivity contribution in [2.45, 2.75) is 19.8 Å². The van der Waals surface area contributed by atoms with Crippen molar-refractivity contribution >= 4 is 5.69 Å². The van der Waals surface area contributed by atoms with Crippen molar-refractivity contribution < 1.29 is 4.39 Å². The molecule has 106 valence electrons. The van der Waals surface area contributed by atoms with Crippen molar-refractivity contribution in [3.05, 3.63) is 42.0 Å². The van der Waals surface area contributed by atoms with Crippen LogP contribution in [0.4, 0.5) is 10.1 Å². The lowest BCUT2D eigenvalue weighted by Gasteiger charge is -2.14. The standard InChI is InChI=1S/C15H19FN4/c1-10(2)14-13(18-8-7-17)9-19-15(20-14)11-3-5-12(16)6-4-11/h3-6,9-10,18H,7-8,17H2,1-2H3.